The standard InChI is InChI=1S/C26H34N4O2/c1-26(2)20-29(25(32)27-17-22-11-7-4-8-12-22)19-23-18-28(15-16-30(23)26)24(31)14-13-21-9-5-3-6-10-21/h3-12,23H,13-20H2,1-2H3,(H,27,32). The number of rotatable bonds is 5. The summed E-state index contributed by atoms with van der Waals surface area (Å²) < 4.78 is 0. The minimum atomic E-state index is -0.119. The molecule has 2 aromatic rings. The molecule has 0 spiro atoms. The molecule has 170 valence electrons. The summed E-state index contributed by atoms with van der Waals surface area (Å²) in [6.07, 6.45) is 1.30. The van der Waals surface area contributed by atoms with Gasteiger partial charge >= 0.3 is 6.03 Å². The number of aryl methyl sites for hydroxylation is 1. The third-order valence-corrected chi connectivity index (χ3v) is 6.67. The van der Waals surface area contributed by atoms with Crippen LogP contribution >= 0.6 is 0 Å². The van der Waals surface area contributed by atoms with Crippen molar-refractivity contribution in [1.82, 2.24) is 20.0 Å². The van der Waals surface area contributed by atoms with E-state index in [-0.39, 0.29) is 23.5 Å². The molecule has 0 aromatic heterocycles. The fourth-order valence-corrected chi connectivity index (χ4v) is 5.01. The van der Waals surface area contributed by atoms with Gasteiger partial charge in [0.15, 0.2) is 0 Å². The summed E-state index contributed by atoms with van der Waals surface area (Å²) in [6.45, 7) is 8.54. The number of fused-ring (bicyclic) bond motifs is 1. The number of carbonyl (C=O) groups excluding carboxylic acids is 2. The summed E-state index contributed by atoms with van der Waals surface area (Å²) in [5.74, 6) is 0.206. The second-order valence-corrected chi connectivity index (χ2v) is 9.51. The summed E-state index contributed by atoms with van der Waals surface area (Å²) >= 11 is 0. The number of nitrogens with one attached hydrogen (secondary N) is 1. The van der Waals surface area contributed by atoms with E-state index in [4.69, 9.17) is 0 Å². The first-order valence-electron chi connectivity index (χ1n) is 11.6. The van der Waals surface area contributed by atoms with Crippen LogP contribution in [0, 0.1) is 0 Å². The highest BCUT2D eigenvalue weighted by Crippen LogP contribution is 2.28. The predicted molar refractivity (Wildman–Crippen MR) is 126 cm³/mol. The average Bonchev–Trinajstić information content (AvgIpc) is 2.81. The zero-order valence-electron chi connectivity index (χ0n) is 19.2. The van der Waals surface area contributed by atoms with Crippen LogP contribution in [0.2, 0.25) is 0 Å². The van der Waals surface area contributed by atoms with Crippen molar-refractivity contribution < 1.29 is 9.59 Å². The van der Waals surface area contributed by atoms with Gasteiger partial charge in [0.1, 0.15) is 0 Å². The quantitative estimate of drug-likeness (QED) is 0.787. The summed E-state index contributed by atoms with van der Waals surface area (Å²) in [4.78, 5) is 32.2. The first kappa shape index (κ1) is 22.3. The maximum absolute atomic E-state index is 12.9. The Morgan fingerprint density at radius 1 is 0.906 bits per heavy atom. The van der Waals surface area contributed by atoms with E-state index >= 15 is 0 Å². The van der Waals surface area contributed by atoms with E-state index in [1.165, 1.54) is 5.56 Å². The number of amides is 3. The third-order valence-electron chi connectivity index (χ3n) is 6.67. The van der Waals surface area contributed by atoms with E-state index in [2.05, 4.69) is 36.2 Å². The van der Waals surface area contributed by atoms with Crippen LogP contribution in [0.1, 0.15) is 31.4 Å². The monoisotopic (exact) mass is 434 g/mol. The first-order chi connectivity index (χ1) is 15.4. The minimum Gasteiger partial charge on any atom is -0.340 e. The molecular formula is C26H34N4O2. The van der Waals surface area contributed by atoms with Crippen molar-refractivity contribution in [2.75, 3.05) is 32.7 Å². The van der Waals surface area contributed by atoms with Gasteiger partial charge in [0.25, 0.3) is 0 Å². The van der Waals surface area contributed by atoms with Crippen molar-refractivity contribution in [3.05, 3.63) is 71.8 Å². The maximum atomic E-state index is 12.9. The SMILES string of the molecule is CC1(C)CN(C(=O)NCc2ccccc2)CC2CN(C(=O)CCc3ccccc3)CCN21. The molecule has 6 heteroatoms. The second-order valence-electron chi connectivity index (χ2n) is 9.51. The minimum absolute atomic E-state index is 0.0332. The van der Waals surface area contributed by atoms with Crippen LogP contribution in [0.15, 0.2) is 60.7 Å². The van der Waals surface area contributed by atoms with Gasteiger partial charge in [0, 0.05) is 57.3 Å². The lowest BCUT2D eigenvalue weighted by molar-refractivity contribution is -0.138. The lowest BCUT2D eigenvalue weighted by Gasteiger charge is -2.55. The van der Waals surface area contributed by atoms with Crippen molar-refractivity contribution in [2.24, 2.45) is 0 Å². The van der Waals surface area contributed by atoms with Crippen molar-refractivity contribution in [3.8, 4) is 0 Å². The van der Waals surface area contributed by atoms with Crippen LogP contribution in [0.5, 0.6) is 0 Å². The molecule has 1 N–H and O–H groups in total. The molecule has 2 saturated heterocycles. The average molecular weight is 435 g/mol. The van der Waals surface area contributed by atoms with Crippen LogP contribution in [-0.4, -0.2) is 70.9 Å². The number of hydrogen-bond donors (Lipinski definition) is 1. The molecule has 0 radical (unpaired) electrons. The molecule has 1 unspecified atom stereocenters. The zero-order chi connectivity index (χ0) is 22.6. The number of carbonyl (C=O) groups is 2. The van der Waals surface area contributed by atoms with E-state index in [9.17, 15) is 9.59 Å². The summed E-state index contributed by atoms with van der Waals surface area (Å²) in [6, 6.07) is 20.3. The topological polar surface area (TPSA) is 55.9 Å². The molecule has 0 saturated carbocycles. The van der Waals surface area contributed by atoms with Gasteiger partial charge in [0.2, 0.25) is 5.91 Å². The maximum Gasteiger partial charge on any atom is 0.317 e. The number of urea groups is 1. The number of piperazine rings is 2. The molecule has 3 amide bonds. The Kier molecular flexibility index (Phi) is 6.80. The van der Waals surface area contributed by atoms with Crippen molar-refractivity contribution >= 4 is 11.9 Å². The van der Waals surface area contributed by atoms with E-state index < -0.39 is 0 Å². The Morgan fingerprint density at radius 3 is 2.22 bits per heavy atom. The van der Waals surface area contributed by atoms with Gasteiger partial charge in [-0.1, -0.05) is 60.7 Å². The van der Waals surface area contributed by atoms with E-state index in [0.717, 1.165) is 25.1 Å². The number of nitrogens with zero attached hydrogens (tertiary/aromatic N) is 3. The molecule has 1 atom stereocenters. The highest BCUT2D eigenvalue weighted by molar-refractivity contribution is 5.77. The van der Waals surface area contributed by atoms with E-state index in [1.54, 1.807) is 0 Å². The van der Waals surface area contributed by atoms with Gasteiger partial charge in [-0.3, -0.25) is 9.69 Å². The molecular weight excluding hydrogens is 400 g/mol. The summed E-state index contributed by atoms with van der Waals surface area (Å²) in [7, 11) is 0. The Labute approximate surface area is 191 Å². The van der Waals surface area contributed by atoms with Gasteiger partial charge < -0.3 is 15.1 Å². The van der Waals surface area contributed by atoms with Gasteiger partial charge in [-0.2, -0.15) is 0 Å². The molecule has 6 nitrogen and oxygen atoms in total. The fourth-order valence-electron chi connectivity index (χ4n) is 5.01. The lowest BCUT2D eigenvalue weighted by Crippen LogP contribution is -2.71. The molecule has 2 aliphatic rings. The summed E-state index contributed by atoms with van der Waals surface area (Å²) in [5, 5.41) is 3.06. The molecule has 2 aromatic carbocycles. The predicted octanol–water partition coefficient (Wildman–Crippen LogP) is 3.14. The van der Waals surface area contributed by atoms with E-state index in [0.29, 0.717) is 32.6 Å². The smallest absolute Gasteiger partial charge is 0.317 e. The van der Waals surface area contributed by atoms with Gasteiger partial charge in [-0.25, -0.2) is 4.79 Å². The highest BCUT2D eigenvalue weighted by atomic mass is 16.2. The first-order valence-corrected chi connectivity index (χ1v) is 11.6. The van der Waals surface area contributed by atoms with Crippen molar-refractivity contribution in [2.45, 2.75) is 44.8 Å². The Bertz CT molecular complexity index is 914. The Balaban J connectivity index is 1.34. The molecule has 2 fully saturated rings. The molecule has 0 bridgehead atoms. The molecule has 32 heavy (non-hydrogen) atoms. The second kappa shape index (κ2) is 9.74. The largest absolute Gasteiger partial charge is 0.340 e. The van der Waals surface area contributed by atoms with Crippen LogP contribution in [0.3, 0.4) is 0 Å². The zero-order valence-corrected chi connectivity index (χ0v) is 19.2. The van der Waals surface area contributed by atoms with Crippen molar-refractivity contribution in [1.29, 1.82) is 0 Å². The summed E-state index contributed by atoms with van der Waals surface area (Å²) in [5.41, 5.74) is 2.16. The van der Waals surface area contributed by atoms with Crippen molar-refractivity contribution in [3.63, 3.8) is 0 Å². The molecule has 4 rings (SSSR count). The normalized spacial score (nSPS) is 20.5. The van der Waals surface area contributed by atoms with Crippen LogP contribution in [0.25, 0.3) is 0 Å². The highest BCUT2D eigenvalue weighted by Gasteiger charge is 2.44. The Morgan fingerprint density at radius 2 is 1.53 bits per heavy atom. The third kappa shape index (κ3) is 5.30. The van der Waals surface area contributed by atoms with Gasteiger partial charge in [-0.05, 0) is 31.4 Å². The van der Waals surface area contributed by atoms with Gasteiger partial charge in [-0.15, -0.1) is 0 Å². The van der Waals surface area contributed by atoms with Crippen LogP contribution in [-0.2, 0) is 17.8 Å². The lowest BCUT2D eigenvalue weighted by atomic mass is 9.92. The van der Waals surface area contributed by atoms with Crippen LogP contribution < -0.4 is 5.32 Å². The molecule has 0 aliphatic carbocycles. The number of benzene rings is 2. The van der Waals surface area contributed by atoms with Gasteiger partial charge in [0.05, 0.1) is 0 Å². The Hall–Kier alpha value is -2.86. The van der Waals surface area contributed by atoms with E-state index in [1.807, 2.05) is 58.3 Å². The fraction of sp³-hybridized carbons (Fsp3) is 0.462. The molecule has 2 heterocycles. The number of hydrogen-bond acceptors (Lipinski definition) is 3. The molecule has 2 aliphatic heterocycles. The van der Waals surface area contributed by atoms with Crippen LogP contribution in [0.4, 0.5) is 4.79 Å².